The SMILES string of the molecule is CCS(=O)(=O)NCCNCc1cccc(OCc2ccccc2Cl)c1. The molecule has 0 unspecified atom stereocenters. The van der Waals surface area contributed by atoms with E-state index in [9.17, 15) is 8.42 Å². The smallest absolute Gasteiger partial charge is 0.211 e. The summed E-state index contributed by atoms with van der Waals surface area (Å²) in [5.41, 5.74) is 2.01. The maximum Gasteiger partial charge on any atom is 0.211 e. The Morgan fingerprint density at radius 3 is 2.64 bits per heavy atom. The van der Waals surface area contributed by atoms with Gasteiger partial charge in [-0.3, -0.25) is 0 Å². The first kappa shape index (κ1) is 19.7. The van der Waals surface area contributed by atoms with Crippen LogP contribution in [-0.2, 0) is 23.2 Å². The Morgan fingerprint density at radius 1 is 1.08 bits per heavy atom. The Morgan fingerprint density at radius 2 is 1.88 bits per heavy atom. The topological polar surface area (TPSA) is 67.4 Å². The van der Waals surface area contributed by atoms with Crippen molar-refractivity contribution < 1.29 is 13.2 Å². The number of benzene rings is 2. The Balaban J connectivity index is 1.78. The number of rotatable bonds is 10. The number of sulfonamides is 1. The summed E-state index contributed by atoms with van der Waals surface area (Å²) in [4.78, 5) is 0. The third-order valence-electron chi connectivity index (χ3n) is 3.58. The molecule has 0 atom stereocenters. The van der Waals surface area contributed by atoms with Crippen molar-refractivity contribution in [3.63, 3.8) is 0 Å². The molecular weight excluding hydrogens is 360 g/mol. The third kappa shape index (κ3) is 7.04. The molecule has 0 heterocycles. The van der Waals surface area contributed by atoms with E-state index in [1.807, 2.05) is 48.5 Å². The fourth-order valence-electron chi connectivity index (χ4n) is 2.15. The van der Waals surface area contributed by atoms with Crippen LogP contribution in [0.4, 0.5) is 0 Å². The van der Waals surface area contributed by atoms with Gasteiger partial charge in [0.15, 0.2) is 0 Å². The van der Waals surface area contributed by atoms with Crippen molar-refractivity contribution in [2.24, 2.45) is 0 Å². The molecule has 2 N–H and O–H groups in total. The van der Waals surface area contributed by atoms with E-state index >= 15 is 0 Å². The summed E-state index contributed by atoms with van der Waals surface area (Å²) in [6, 6.07) is 15.4. The second kappa shape index (κ2) is 9.77. The second-order valence-electron chi connectivity index (χ2n) is 5.50. The van der Waals surface area contributed by atoms with E-state index in [2.05, 4.69) is 10.0 Å². The number of hydrogen-bond donors (Lipinski definition) is 2. The molecule has 0 spiro atoms. The lowest BCUT2D eigenvalue weighted by Gasteiger charge is -2.10. The van der Waals surface area contributed by atoms with Gasteiger partial charge in [0, 0.05) is 30.2 Å². The van der Waals surface area contributed by atoms with Crippen molar-refractivity contribution in [1.82, 2.24) is 10.0 Å². The minimum absolute atomic E-state index is 0.0951. The Hall–Kier alpha value is -1.60. The van der Waals surface area contributed by atoms with Crippen LogP contribution in [0.2, 0.25) is 5.02 Å². The Kier molecular flexibility index (Phi) is 7.71. The van der Waals surface area contributed by atoms with Crippen LogP contribution < -0.4 is 14.8 Å². The second-order valence-corrected chi connectivity index (χ2v) is 8.00. The lowest BCUT2D eigenvalue weighted by molar-refractivity contribution is 0.306. The molecule has 7 heteroatoms. The highest BCUT2D eigenvalue weighted by Gasteiger charge is 2.04. The van der Waals surface area contributed by atoms with Gasteiger partial charge in [0.1, 0.15) is 12.4 Å². The van der Waals surface area contributed by atoms with Gasteiger partial charge in [-0.2, -0.15) is 0 Å². The van der Waals surface area contributed by atoms with E-state index in [4.69, 9.17) is 16.3 Å². The van der Waals surface area contributed by atoms with Crippen molar-refractivity contribution >= 4 is 21.6 Å². The third-order valence-corrected chi connectivity index (χ3v) is 5.36. The standard InChI is InChI=1S/C18H23ClN2O3S/c1-2-25(22,23)21-11-10-20-13-15-6-5-8-17(12-15)24-14-16-7-3-4-9-18(16)19/h3-9,12,20-21H,2,10-11,13-14H2,1H3. The van der Waals surface area contributed by atoms with E-state index in [1.54, 1.807) is 6.92 Å². The van der Waals surface area contributed by atoms with Crippen LogP contribution in [0.15, 0.2) is 48.5 Å². The van der Waals surface area contributed by atoms with Gasteiger partial charge in [-0.05, 0) is 30.7 Å². The molecule has 0 aliphatic heterocycles. The molecule has 0 fully saturated rings. The van der Waals surface area contributed by atoms with Gasteiger partial charge in [0.2, 0.25) is 10.0 Å². The summed E-state index contributed by atoms with van der Waals surface area (Å²) in [6.07, 6.45) is 0. The zero-order valence-corrected chi connectivity index (χ0v) is 15.7. The molecule has 0 aliphatic rings. The highest BCUT2D eigenvalue weighted by molar-refractivity contribution is 7.89. The highest BCUT2D eigenvalue weighted by Crippen LogP contribution is 2.19. The van der Waals surface area contributed by atoms with Crippen LogP contribution in [-0.4, -0.2) is 27.3 Å². The molecule has 5 nitrogen and oxygen atoms in total. The predicted octanol–water partition coefficient (Wildman–Crippen LogP) is 2.95. The summed E-state index contributed by atoms with van der Waals surface area (Å²) in [5, 5.41) is 3.89. The zero-order chi connectivity index (χ0) is 18.1. The van der Waals surface area contributed by atoms with Crippen LogP contribution in [0.3, 0.4) is 0 Å². The molecule has 25 heavy (non-hydrogen) atoms. The van der Waals surface area contributed by atoms with Crippen LogP contribution in [0.5, 0.6) is 5.75 Å². The lowest BCUT2D eigenvalue weighted by Crippen LogP contribution is -2.32. The van der Waals surface area contributed by atoms with E-state index < -0.39 is 10.0 Å². The normalized spacial score (nSPS) is 11.4. The summed E-state index contributed by atoms with van der Waals surface area (Å²) in [6.45, 7) is 3.60. The summed E-state index contributed by atoms with van der Waals surface area (Å²) >= 11 is 6.12. The molecule has 2 aromatic carbocycles. The maximum absolute atomic E-state index is 11.3. The zero-order valence-electron chi connectivity index (χ0n) is 14.2. The van der Waals surface area contributed by atoms with E-state index in [-0.39, 0.29) is 5.75 Å². The van der Waals surface area contributed by atoms with Crippen molar-refractivity contribution in [2.45, 2.75) is 20.1 Å². The summed E-state index contributed by atoms with van der Waals surface area (Å²) < 4.78 is 31.0. The average molecular weight is 383 g/mol. The van der Waals surface area contributed by atoms with Crippen LogP contribution in [0.25, 0.3) is 0 Å². The van der Waals surface area contributed by atoms with Gasteiger partial charge in [-0.15, -0.1) is 0 Å². The molecule has 0 radical (unpaired) electrons. The first-order chi connectivity index (χ1) is 12.0. The molecular formula is C18H23ClN2O3S. The number of ether oxygens (including phenoxy) is 1. The summed E-state index contributed by atoms with van der Waals surface area (Å²) in [7, 11) is -3.13. The molecule has 0 aromatic heterocycles. The minimum atomic E-state index is -3.13. The fraction of sp³-hybridized carbons (Fsp3) is 0.333. The van der Waals surface area contributed by atoms with Gasteiger partial charge in [-0.1, -0.05) is 41.9 Å². The molecule has 0 aliphatic carbocycles. The molecule has 2 aromatic rings. The first-order valence-electron chi connectivity index (χ1n) is 8.13. The quantitative estimate of drug-likeness (QED) is 0.620. The maximum atomic E-state index is 11.3. The average Bonchev–Trinajstić information content (AvgIpc) is 2.61. The van der Waals surface area contributed by atoms with Crippen molar-refractivity contribution in [2.75, 3.05) is 18.8 Å². The van der Waals surface area contributed by atoms with Crippen molar-refractivity contribution in [3.05, 3.63) is 64.7 Å². The van der Waals surface area contributed by atoms with Crippen molar-refractivity contribution in [1.29, 1.82) is 0 Å². The van der Waals surface area contributed by atoms with E-state index in [0.717, 1.165) is 16.9 Å². The largest absolute Gasteiger partial charge is 0.489 e. The molecule has 0 saturated carbocycles. The number of hydrogen-bond acceptors (Lipinski definition) is 4. The molecule has 2 rings (SSSR count). The van der Waals surface area contributed by atoms with Crippen molar-refractivity contribution in [3.8, 4) is 5.75 Å². The highest BCUT2D eigenvalue weighted by atomic mass is 35.5. The first-order valence-corrected chi connectivity index (χ1v) is 10.2. The van der Waals surface area contributed by atoms with Crippen LogP contribution in [0.1, 0.15) is 18.1 Å². The Bertz CT molecular complexity index is 781. The Labute approximate surface area is 154 Å². The van der Waals surface area contributed by atoms with Crippen LogP contribution >= 0.6 is 11.6 Å². The van der Waals surface area contributed by atoms with Gasteiger partial charge in [0.05, 0.1) is 5.75 Å². The van der Waals surface area contributed by atoms with Gasteiger partial charge in [0.25, 0.3) is 0 Å². The summed E-state index contributed by atoms with van der Waals surface area (Å²) in [5.74, 6) is 0.864. The van der Waals surface area contributed by atoms with Crippen LogP contribution in [0, 0.1) is 0 Å². The molecule has 136 valence electrons. The fourth-order valence-corrected chi connectivity index (χ4v) is 2.96. The molecule has 0 amide bonds. The molecule has 0 bridgehead atoms. The van der Waals surface area contributed by atoms with Gasteiger partial charge >= 0.3 is 0 Å². The molecule has 0 saturated heterocycles. The predicted molar refractivity (Wildman–Crippen MR) is 101 cm³/mol. The lowest BCUT2D eigenvalue weighted by atomic mass is 10.2. The van der Waals surface area contributed by atoms with E-state index in [0.29, 0.717) is 31.3 Å². The van der Waals surface area contributed by atoms with Gasteiger partial charge < -0.3 is 10.1 Å². The van der Waals surface area contributed by atoms with Gasteiger partial charge in [-0.25, -0.2) is 13.1 Å². The monoisotopic (exact) mass is 382 g/mol. The number of halogens is 1. The number of nitrogens with one attached hydrogen (secondary N) is 2. The minimum Gasteiger partial charge on any atom is -0.489 e. The van der Waals surface area contributed by atoms with E-state index in [1.165, 1.54) is 0 Å².